The number of amides is 2. The van der Waals surface area contributed by atoms with Crippen LogP contribution in [0, 0.1) is 0 Å². The van der Waals surface area contributed by atoms with Gasteiger partial charge >= 0.3 is 0 Å². The third-order valence-electron chi connectivity index (χ3n) is 4.25. The number of likely N-dealkylation sites (tertiary alicyclic amines) is 1. The molecule has 5 nitrogen and oxygen atoms in total. The van der Waals surface area contributed by atoms with Crippen LogP contribution in [0.3, 0.4) is 0 Å². The fourth-order valence-corrected chi connectivity index (χ4v) is 4.69. The lowest BCUT2D eigenvalue weighted by Crippen LogP contribution is -2.30. The molecule has 0 radical (unpaired) electrons. The molecule has 0 bridgehead atoms. The predicted octanol–water partition coefficient (Wildman–Crippen LogP) is 5.12. The summed E-state index contributed by atoms with van der Waals surface area (Å²) in [5, 5.41) is 0.977. The molecule has 0 atom stereocenters. The van der Waals surface area contributed by atoms with Gasteiger partial charge in [-0.1, -0.05) is 46.9 Å². The van der Waals surface area contributed by atoms with Crippen LogP contribution in [0.5, 0.6) is 0 Å². The number of halogens is 3. The van der Waals surface area contributed by atoms with Crippen LogP contribution in [0.1, 0.15) is 23.2 Å². The van der Waals surface area contributed by atoms with Crippen molar-refractivity contribution >= 4 is 64.1 Å². The van der Waals surface area contributed by atoms with Crippen LogP contribution in [-0.4, -0.2) is 35.6 Å². The number of hydrogen-bond acceptors (Lipinski definition) is 4. The minimum atomic E-state index is -0.362. The summed E-state index contributed by atoms with van der Waals surface area (Å²) in [5.41, 5.74) is 6.14. The van der Waals surface area contributed by atoms with Crippen LogP contribution < -0.4 is 10.9 Å². The molecule has 2 N–H and O–H groups in total. The van der Waals surface area contributed by atoms with E-state index in [-0.39, 0.29) is 21.9 Å². The van der Waals surface area contributed by atoms with Crippen molar-refractivity contribution in [1.29, 1.82) is 0 Å². The molecule has 1 aliphatic heterocycles. The van der Waals surface area contributed by atoms with Gasteiger partial charge in [0.15, 0.2) is 0 Å². The van der Waals surface area contributed by atoms with E-state index in [0.29, 0.717) is 22.0 Å². The first-order chi connectivity index (χ1) is 13.5. The second-order valence-corrected chi connectivity index (χ2v) is 8.46. The van der Waals surface area contributed by atoms with E-state index in [9.17, 15) is 9.59 Å². The Balaban J connectivity index is 1.65. The number of carbonyl (C=O) groups excluding carboxylic acids is 2. The van der Waals surface area contributed by atoms with Gasteiger partial charge in [-0.2, -0.15) is 0 Å². The van der Waals surface area contributed by atoms with Gasteiger partial charge in [0, 0.05) is 23.0 Å². The van der Waals surface area contributed by atoms with E-state index in [4.69, 9.17) is 34.8 Å². The topological polar surface area (TPSA) is 61.4 Å². The van der Waals surface area contributed by atoms with E-state index in [1.807, 2.05) is 17.0 Å². The highest BCUT2D eigenvalue weighted by Gasteiger charge is 2.19. The predicted molar refractivity (Wildman–Crippen MR) is 116 cm³/mol. The van der Waals surface area contributed by atoms with E-state index >= 15 is 0 Å². The van der Waals surface area contributed by atoms with Gasteiger partial charge < -0.3 is 4.90 Å². The van der Waals surface area contributed by atoms with Gasteiger partial charge in [-0.3, -0.25) is 20.4 Å². The fourth-order valence-electron chi connectivity index (χ4n) is 2.83. The third-order valence-corrected chi connectivity index (χ3v) is 6.12. The Labute approximate surface area is 182 Å². The number of benzene rings is 2. The SMILES string of the molecule is O=C(NNc1c(Cl)cc(Cl)cc1Cl)c1ccccc1SCC(=O)N1CCCC1. The molecule has 0 aromatic heterocycles. The largest absolute Gasteiger partial charge is 0.342 e. The molecule has 2 aromatic rings. The molecule has 1 saturated heterocycles. The van der Waals surface area contributed by atoms with Gasteiger partial charge in [0.25, 0.3) is 5.91 Å². The first-order valence-electron chi connectivity index (χ1n) is 8.66. The van der Waals surface area contributed by atoms with E-state index in [0.717, 1.165) is 30.8 Å². The van der Waals surface area contributed by atoms with Crippen molar-refractivity contribution < 1.29 is 9.59 Å². The maximum absolute atomic E-state index is 12.6. The fraction of sp³-hybridized carbons (Fsp3) is 0.263. The van der Waals surface area contributed by atoms with Crippen molar-refractivity contribution in [2.45, 2.75) is 17.7 Å². The number of thioether (sulfide) groups is 1. The summed E-state index contributed by atoms with van der Waals surface area (Å²) < 4.78 is 0. The second-order valence-electron chi connectivity index (χ2n) is 6.20. The number of nitrogens with zero attached hydrogens (tertiary/aromatic N) is 1. The number of anilines is 1. The number of carbonyl (C=O) groups is 2. The van der Waals surface area contributed by atoms with Crippen LogP contribution in [0.15, 0.2) is 41.3 Å². The third kappa shape index (κ3) is 5.26. The molecule has 2 amide bonds. The molecule has 0 saturated carbocycles. The number of hydrogen-bond donors (Lipinski definition) is 2. The molecule has 0 unspecified atom stereocenters. The molecule has 9 heteroatoms. The van der Waals surface area contributed by atoms with Crippen molar-refractivity contribution in [2.24, 2.45) is 0 Å². The zero-order chi connectivity index (χ0) is 20.1. The highest BCUT2D eigenvalue weighted by molar-refractivity contribution is 8.00. The first-order valence-corrected chi connectivity index (χ1v) is 10.8. The maximum atomic E-state index is 12.6. The molecule has 0 aliphatic carbocycles. The van der Waals surface area contributed by atoms with Crippen molar-refractivity contribution in [3.8, 4) is 0 Å². The Morgan fingerprint density at radius 3 is 2.36 bits per heavy atom. The van der Waals surface area contributed by atoms with E-state index in [1.54, 1.807) is 12.1 Å². The monoisotopic (exact) mass is 457 g/mol. The van der Waals surface area contributed by atoms with Crippen molar-refractivity contribution in [3.63, 3.8) is 0 Å². The highest BCUT2D eigenvalue weighted by Crippen LogP contribution is 2.33. The van der Waals surface area contributed by atoms with Gasteiger partial charge in [0.05, 0.1) is 27.0 Å². The van der Waals surface area contributed by atoms with E-state index in [2.05, 4.69) is 10.9 Å². The molecular weight excluding hydrogens is 441 g/mol. The van der Waals surface area contributed by atoms with Gasteiger partial charge in [0.2, 0.25) is 5.91 Å². The van der Waals surface area contributed by atoms with Gasteiger partial charge in [0.1, 0.15) is 0 Å². The van der Waals surface area contributed by atoms with E-state index in [1.165, 1.54) is 23.9 Å². The van der Waals surface area contributed by atoms with Crippen LogP contribution in [-0.2, 0) is 4.79 Å². The summed E-state index contributed by atoms with van der Waals surface area (Å²) in [7, 11) is 0. The Bertz CT molecular complexity index is 865. The lowest BCUT2D eigenvalue weighted by atomic mass is 10.2. The van der Waals surface area contributed by atoms with Crippen molar-refractivity contribution in [3.05, 3.63) is 57.0 Å². The molecule has 3 rings (SSSR count). The molecule has 1 heterocycles. The number of rotatable bonds is 6. The van der Waals surface area contributed by atoms with Crippen LogP contribution in [0.25, 0.3) is 0 Å². The van der Waals surface area contributed by atoms with Gasteiger partial charge in [-0.25, -0.2) is 0 Å². The normalized spacial score (nSPS) is 13.5. The Kier molecular flexibility index (Phi) is 7.35. The lowest BCUT2D eigenvalue weighted by molar-refractivity contribution is -0.127. The summed E-state index contributed by atoms with van der Waals surface area (Å²) in [5.74, 6) is 0.0291. The average molecular weight is 459 g/mol. The van der Waals surface area contributed by atoms with Gasteiger partial charge in [-0.05, 0) is 37.1 Å². The molecule has 148 valence electrons. The summed E-state index contributed by atoms with van der Waals surface area (Å²) >= 11 is 19.5. The molecule has 1 fully saturated rings. The summed E-state index contributed by atoms with van der Waals surface area (Å²) in [6, 6.07) is 10.2. The van der Waals surface area contributed by atoms with Gasteiger partial charge in [-0.15, -0.1) is 11.8 Å². The first kappa shape index (κ1) is 21.1. The molecule has 1 aliphatic rings. The standard InChI is InChI=1S/C19H18Cl3N3O2S/c20-12-9-14(21)18(15(22)10-12)23-24-19(27)13-5-1-2-6-16(13)28-11-17(26)25-7-3-4-8-25/h1-2,5-6,9-10,23H,3-4,7-8,11H2,(H,24,27). The smallest absolute Gasteiger partial charge is 0.270 e. The number of hydrazine groups is 1. The van der Waals surface area contributed by atoms with Crippen LogP contribution in [0.2, 0.25) is 15.1 Å². The van der Waals surface area contributed by atoms with E-state index < -0.39 is 0 Å². The summed E-state index contributed by atoms with van der Waals surface area (Å²) in [6.45, 7) is 1.63. The summed E-state index contributed by atoms with van der Waals surface area (Å²) in [4.78, 5) is 27.5. The molecular formula is C19H18Cl3N3O2S. The minimum Gasteiger partial charge on any atom is -0.342 e. The lowest BCUT2D eigenvalue weighted by Gasteiger charge is -2.16. The zero-order valence-electron chi connectivity index (χ0n) is 14.8. The maximum Gasteiger partial charge on any atom is 0.270 e. The Hall–Kier alpha value is -1.60. The number of nitrogens with one attached hydrogen (secondary N) is 2. The second kappa shape index (κ2) is 9.74. The molecule has 28 heavy (non-hydrogen) atoms. The minimum absolute atomic E-state index is 0.0931. The average Bonchev–Trinajstić information content (AvgIpc) is 3.20. The Morgan fingerprint density at radius 1 is 1.04 bits per heavy atom. The quantitative estimate of drug-likeness (QED) is 0.466. The van der Waals surface area contributed by atoms with Crippen LogP contribution >= 0.6 is 46.6 Å². The zero-order valence-corrected chi connectivity index (χ0v) is 17.9. The summed E-state index contributed by atoms with van der Waals surface area (Å²) in [6.07, 6.45) is 2.10. The van der Waals surface area contributed by atoms with Crippen molar-refractivity contribution in [2.75, 3.05) is 24.3 Å². The van der Waals surface area contributed by atoms with Crippen LogP contribution in [0.4, 0.5) is 5.69 Å². The van der Waals surface area contributed by atoms with Crippen molar-refractivity contribution in [1.82, 2.24) is 10.3 Å². The highest BCUT2D eigenvalue weighted by atomic mass is 35.5. The Morgan fingerprint density at radius 2 is 1.68 bits per heavy atom. The molecule has 2 aromatic carbocycles. The molecule has 0 spiro atoms.